The minimum absolute atomic E-state index is 0.0921. The van der Waals surface area contributed by atoms with Crippen LogP contribution in [-0.4, -0.2) is 28.3 Å². The summed E-state index contributed by atoms with van der Waals surface area (Å²) in [6, 6.07) is 20.8. The first-order valence-corrected chi connectivity index (χ1v) is 9.86. The summed E-state index contributed by atoms with van der Waals surface area (Å²) in [4.78, 5) is 53.7. The van der Waals surface area contributed by atoms with Gasteiger partial charge in [0.25, 0.3) is 11.8 Å². The van der Waals surface area contributed by atoms with Gasteiger partial charge in [0.15, 0.2) is 0 Å². The van der Waals surface area contributed by atoms with Crippen molar-refractivity contribution in [1.82, 2.24) is 4.90 Å². The number of carbonyl (C=O) groups excluding carboxylic acids is 4. The van der Waals surface area contributed by atoms with Gasteiger partial charge in [-0.1, -0.05) is 71.8 Å². The molecule has 0 unspecified atom stereocenters. The average Bonchev–Trinajstić information content (AvgIpc) is 2.80. The van der Waals surface area contributed by atoms with Crippen molar-refractivity contribution in [2.75, 3.05) is 0 Å². The lowest BCUT2D eigenvalue weighted by molar-refractivity contribution is 0.0641. The number of allylic oxidation sites excluding steroid dienone is 2. The molecular weight excluding hydrogens is 414 g/mol. The first kappa shape index (κ1) is 20.4. The fourth-order valence-corrected chi connectivity index (χ4v) is 3.63. The zero-order valence-corrected chi connectivity index (χ0v) is 17.2. The number of hydrogen-bond acceptors (Lipinski definition) is 4. The number of nitrogens with zero attached hydrogens (tertiary/aromatic N) is 1. The summed E-state index contributed by atoms with van der Waals surface area (Å²) >= 11 is 6.30. The smallest absolute Gasteiger partial charge is 0.265 e. The van der Waals surface area contributed by atoms with Crippen molar-refractivity contribution in [3.05, 3.63) is 117 Å². The van der Waals surface area contributed by atoms with Crippen LogP contribution >= 0.6 is 11.6 Å². The molecule has 0 heterocycles. The molecule has 3 aromatic rings. The van der Waals surface area contributed by atoms with Gasteiger partial charge >= 0.3 is 0 Å². The standard InChI is InChI=1S/C25H16ClNO4/c1-15-11-13-17(14-12-15)25(31)27(24(30)16-7-3-2-4-8-16)21-20(26)22(28)18-9-5-6-10-19(18)23(21)29/h2-14H,1H3. The number of rotatable bonds is 3. The molecule has 6 heteroatoms. The quantitative estimate of drug-likeness (QED) is 0.560. The van der Waals surface area contributed by atoms with Crippen molar-refractivity contribution >= 4 is 35.0 Å². The maximum absolute atomic E-state index is 13.4. The number of aryl methyl sites for hydroxylation is 1. The molecular formula is C25H16ClNO4. The van der Waals surface area contributed by atoms with E-state index in [9.17, 15) is 19.2 Å². The Hall–Kier alpha value is -3.83. The largest absolute Gasteiger partial charge is 0.287 e. The van der Waals surface area contributed by atoms with Crippen LogP contribution in [0.1, 0.15) is 47.0 Å². The van der Waals surface area contributed by atoms with E-state index in [0.717, 1.165) is 5.56 Å². The van der Waals surface area contributed by atoms with Crippen LogP contribution in [-0.2, 0) is 0 Å². The molecule has 0 aliphatic heterocycles. The topological polar surface area (TPSA) is 71.5 Å². The molecule has 0 saturated carbocycles. The van der Waals surface area contributed by atoms with Gasteiger partial charge in [0.1, 0.15) is 10.7 Å². The molecule has 0 spiro atoms. The summed E-state index contributed by atoms with van der Waals surface area (Å²) in [7, 11) is 0. The number of amides is 2. The maximum Gasteiger partial charge on any atom is 0.265 e. The van der Waals surface area contributed by atoms with Gasteiger partial charge in [-0.2, -0.15) is 0 Å². The van der Waals surface area contributed by atoms with Crippen LogP contribution in [0.5, 0.6) is 0 Å². The third-order valence-corrected chi connectivity index (χ3v) is 5.34. The van der Waals surface area contributed by atoms with Gasteiger partial charge in [0.05, 0.1) is 0 Å². The number of fused-ring (bicyclic) bond motifs is 1. The number of hydrogen-bond donors (Lipinski definition) is 0. The minimum Gasteiger partial charge on any atom is -0.287 e. The lowest BCUT2D eigenvalue weighted by Gasteiger charge is -2.27. The molecule has 0 bridgehead atoms. The van der Waals surface area contributed by atoms with E-state index in [1.54, 1.807) is 54.6 Å². The summed E-state index contributed by atoms with van der Waals surface area (Å²) in [6.07, 6.45) is 0. The Morgan fingerprint density at radius 3 is 1.74 bits per heavy atom. The highest BCUT2D eigenvalue weighted by Gasteiger charge is 2.40. The first-order valence-electron chi connectivity index (χ1n) is 9.49. The highest BCUT2D eigenvalue weighted by atomic mass is 35.5. The molecule has 0 radical (unpaired) electrons. The molecule has 2 amide bonds. The first-order chi connectivity index (χ1) is 14.9. The zero-order valence-electron chi connectivity index (χ0n) is 16.5. The summed E-state index contributed by atoms with van der Waals surface area (Å²) in [6.45, 7) is 1.86. The highest BCUT2D eigenvalue weighted by Crippen LogP contribution is 2.32. The molecule has 0 N–H and O–H groups in total. The van der Waals surface area contributed by atoms with Gasteiger partial charge in [-0.3, -0.25) is 19.2 Å². The highest BCUT2D eigenvalue weighted by molar-refractivity contribution is 6.50. The fraction of sp³-hybridized carbons (Fsp3) is 0.0400. The molecule has 1 aliphatic rings. The van der Waals surface area contributed by atoms with Gasteiger partial charge in [0.2, 0.25) is 11.6 Å². The van der Waals surface area contributed by atoms with Crippen molar-refractivity contribution in [3.8, 4) is 0 Å². The van der Waals surface area contributed by atoms with Gasteiger partial charge in [-0.15, -0.1) is 0 Å². The second-order valence-electron chi connectivity index (χ2n) is 7.04. The van der Waals surface area contributed by atoms with E-state index in [2.05, 4.69) is 0 Å². The van der Waals surface area contributed by atoms with Crippen LogP contribution in [0.15, 0.2) is 89.6 Å². The number of ketones is 2. The number of Topliss-reactive ketones (excluding diaryl/α,β-unsaturated/α-hetero) is 2. The summed E-state index contributed by atoms with van der Waals surface area (Å²) < 4.78 is 0. The zero-order chi connectivity index (χ0) is 22.1. The van der Waals surface area contributed by atoms with Crippen molar-refractivity contribution in [2.45, 2.75) is 6.92 Å². The second kappa shape index (κ2) is 8.13. The van der Waals surface area contributed by atoms with Crippen LogP contribution in [0.25, 0.3) is 0 Å². The molecule has 0 saturated heterocycles. The van der Waals surface area contributed by atoms with Crippen LogP contribution in [0.2, 0.25) is 0 Å². The average molecular weight is 430 g/mol. The molecule has 0 atom stereocenters. The summed E-state index contributed by atoms with van der Waals surface area (Å²) in [5, 5.41) is -0.464. The number of halogens is 1. The maximum atomic E-state index is 13.4. The second-order valence-corrected chi connectivity index (χ2v) is 7.42. The predicted octanol–water partition coefficient (Wildman–Crippen LogP) is 4.81. The summed E-state index contributed by atoms with van der Waals surface area (Å²) in [5.41, 5.74) is 1.08. The third kappa shape index (κ3) is 3.60. The van der Waals surface area contributed by atoms with Crippen LogP contribution in [0, 0.1) is 6.92 Å². The minimum atomic E-state index is -0.750. The van der Waals surface area contributed by atoms with Gasteiger partial charge in [-0.25, -0.2) is 4.90 Å². The van der Waals surface area contributed by atoms with E-state index >= 15 is 0 Å². The Kier molecular flexibility index (Phi) is 5.36. The van der Waals surface area contributed by atoms with Crippen LogP contribution < -0.4 is 0 Å². The van der Waals surface area contributed by atoms with Crippen molar-refractivity contribution < 1.29 is 19.2 Å². The van der Waals surface area contributed by atoms with Crippen molar-refractivity contribution in [3.63, 3.8) is 0 Å². The normalized spacial score (nSPS) is 13.1. The SMILES string of the molecule is Cc1ccc(C(=O)N(C(=O)c2ccccc2)C2=C(Cl)C(=O)c3ccccc3C2=O)cc1. The van der Waals surface area contributed by atoms with Crippen molar-refractivity contribution in [2.24, 2.45) is 0 Å². The van der Waals surface area contributed by atoms with Crippen LogP contribution in [0.3, 0.4) is 0 Å². The predicted molar refractivity (Wildman–Crippen MR) is 116 cm³/mol. The Balaban J connectivity index is 1.90. The van der Waals surface area contributed by atoms with E-state index in [1.807, 2.05) is 6.92 Å². The number of carbonyl (C=O) groups is 4. The van der Waals surface area contributed by atoms with E-state index in [1.165, 1.54) is 24.3 Å². The van der Waals surface area contributed by atoms with Crippen molar-refractivity contribution in [1.29, 1.82) is 0 Å². The van der Waals surface area contributed by atoms with E-state index < -0.39 is 34.1 Å². The lowest BCUT2D eigenvalue weighted by Crippen LogP contribution is -2.41. The number of imide groups is 1. The lowest BCUT2D eigenvalue weighted by atomic mass is 9.91. The molecule has 3 aromatic carbocycles. The van der Waals surface area contributed by atoms with Gasteiger partial charge in [0, 0.05) is 22.3 Å². The van der Waals surface area contributed by atoms with E-state index in [4.69, 9.17) is 11.6 Å². The Labute approximate surface area is 183 Å². The monoisotopic (exact) mass is 429 g/mol. The molecule has 0 aromatic heterocycles. The molecule has 4 rings (SSSR count). The summed E-state index contributed by atoms with van der Waals surface area (Å²) in [5.74, 6) is -2.78. The van der Waals surface area contributed by atoms with E-state index in [-0.39, 0.29) is 22.3 Å². The van der Waals surface area contributed by atoms with E-state index in [0.29, 0.717) is 4.90 Å². The molecule has 152 valence electrons. The fourth-order valence-electron chi connectivity index (χ4n) is 3.36. The van der Waals surface area contributed by atoms with Gasteiger partial charge in [-0.05, 0) is 31.2 Å². The number of benzene rings is 3. The van der Waals surface area contributed by atoms with Gasteiger partial charge < -0.3 is 0 Å². The van der Waals surface area contributed by atoms with Crippen LogP contribution in [0.4, 0.5) is 0 Å². The Bertz CT molecular complexity index is 1260. The molecule has 5 nitrogen and oxygen atoms in total. The Morgan fingerprint density at radius 2 is 1.16 bits per heavy atom. The molecule has 31 heavy (non-hydrogen) atoms. The molecule has 0 fully saturated rings. The third-order valence-electron chi connectivity index (χ3n) is 4.99. The molecule has 1 aliphatic carbocycles. The Morgan fingerprint density at radius 1 is 0.677 bits per heavy atom.